The number of hydrogen-bond acceptors (Lipinski definition) is 5. The molecule has 0 bridgehead atoms. The first-order chi connectivity index (χ1) is 16.8. The second-order valence-corrected chi connectivity index (χ2v) is 8.00. The number of benzene rings is 1. The molecule has 1 atom stereocenters. The number of ketones is 1. The summed E-state index contributed by atoms with van der Waals surface area (Å²) in [6.07, 6.45) is 3.57. The van der Waals surface area contributed by atoms with Gasteiger partial charge in [-0.15, -0.1) is 0 Å². The SMILES string of the molecule is [B]C(=O)N[C@@H](CCC(C)=O)C(=O)Nc1ccc2c(-c3ccncc3)c(-c3ccc(F)cc3)[nH]c2n1. The van der Waals surface area contributed by atoms with E-state index >= 15 is 0 Å². The normalized spacial score (nSPS) is 11.7. The van der Waals surface area contributed by atoms with Gasteiger partial charge in [0.2, 0.25) is 13.8 Å². The van der Waals surface area contributed by atoms with Gasteiger partial charge in [0.1, 0.15) is 29.1 Å². The van der Waals surface area contributed by atoms with E-state index in [0.717, 1.165) is 27.8 Å². The molecule has 0 aliphatic rings. The Bertz CT molecular complexity index is 1390. The van der Waals surface area contributed by atoms with Crippen molar-refractivity contribution in [2.75, 3.05) is 5.32 Å². The fourth-order valence-corrected chi connectivity index (χ4v) is 3.79. The number of nitrogens with zero attached hydrogens (tertiary/aromatic N) is 2. The van der Waals surface area contributed by atoms with Crippen molar-refractivity contribution in [2.24, 2.45) is 0 Å². The molecular weight excluding hydrogens is 448 g/mol. The maximum absolute atomic E-state index is 13.5. The summed E-state index contributed by atoms with van der Waals surface area (Å²) in [6.45, 7) is 1.40. The first kappa shape index (κ1) is 23.8. The predicted molar refractivity (Wildman–Crippen MR) is 131 cm³/mol. The number of fused-ring (bicyclic) bond motifs is 1. The molecular formula is C25H21BFN5O3. The number of nitrogens with one attached hydrogen (secondary N) is 3. The summed E-state index contributed by atoms with van der Waals surface area (Å²) in [6, 6.07) is 12.3. The van der Waals surface area contributed by atoms with E-state index in [0.29, 0.717) is 5.65 Å². The Hall–Kier alpha value is -4.34. The summed E-state index contributed by atoms with van der Waals surface area (Å²) in [5, 5.41) is 5.81. The van der Waals surface area contributed by atoms with E-state index in [2.05, 4.69) is 25.6 Å². The number of aromatic nitrogens is 3. The average molecular weight is 469 g/mol. The summed E-state index contributed by atoms with van der Waals surface area (Å²) >= 11 is 0. The lowest BCUT2D eigenvalue weighted by Gasteiger charge is -2.17. The van der Waals surface area contributed by atoms with Crippen LogP contribution in [0.2, 0.25) is 0 Å². The lowest BCUT2D eigenvalue weighted by atomic mass is 10.00. The lowest BCUT2D eigenvalue weighted by Crippen LogP contribution is -2.43. The van der Waals surface area contributed by atoms with Crippen molar-refractivity contribution >= 4 is 42.2 Å². The van der Waals surface area contributed by atoms with Crippen molar-refractivity contribution < 1.29 is 18.8 Å². The quantitative estimate of drug-likeness (QED) is 0.338. The van der Waals surface area contributed by atoms with Crippen molar-refractivity contribution in [1.82, 2.24) is 20.3 Å². The Morgan fingerprint density at radius 2 is 1.74 bits per heavy atom. The van der Waals surface area contributed by atoms with E-state index in [1.54, 1.807) is 30.6 Å². The number of carbonyl (C=O) groups is 3. The molecule has 1 aromatic carbocycles. The number of pyridine rings is 2. The largest absolute Gasteiger partial charge is 0.354 e. The molecule has 0 saturated carbocycles. The van der Waals surface area contributed by atoms with Crippen LogP contribution in [0.3, 0.4) is 0 Å². The van der Waals surface area contributed by atoms with Crippen LogP contribution in [0.5, 0.6) is 0 Å². The van der Waals surface area contributed by atoms with Gasteiger partial charge in [-0.25, -0.2) is 9.37 Å². The van der Waals surface area contributed by atoms with Gasteiger partial charge in [0.15, 0.2) is 5.81 Å². The van der Waals surface area contributed by atoms with Gasteiger partial charge < -0.3 is 20.4 Å². The number of aromatic amines is 1. The zero-order chi connectivity index (χ0) is 24.9. The molecule has 0 spiro atoms. The summed E-state index contributed by atoms with van der Waals surface area (Å²) in [5.74, 6) is -1.63. The minimum atomic E-state index is -0.986. The fourth-order valence-electron chi connectivity index (χ4n) is 3.79. The van der Waals surface area contributed by atoms with E-state index in [9.17, 15) is 18.8 Å². The van der Waals surface area contributed by atoms with Crippen LogP contribution in [0.15, 0.2) is 60.9 Å². The molecule has 3 heterocycles. The molecule has 0 saturated heterocycles. The highest BCUT2D eigenvalue weighted by molar-refractivity contribution is 6.57. The number of Topliss-reactive ketones (excluding diaryl/α,β-unsaturated/α-hetero) is 1. The highest BCUT2D eigenvalue weighted by Crippen LogP contribution is 2.38. The van der Waals surface area contributed by atoms with E-state index < -0.39 is 17.8 Å². The van der Waals surface area contributed by atoms with Gasteiger partial charge in [-0.05, 0) is 73.0 Å². The van der Waals surface area contributed by atoms with Gasteiger partial charge in [-0.1, -0.05) is 0 Å². The van der Waals surface area contributed by atoms with E-state index in [1.807, 2.05) is 18.2 Å². The minimum absolute atomic E-state index is 0.107. The van der Waals surface area contributed by atoms with Crippen LogP contribution in [0.1, 0.15) is 19.8 Å². The number of carbonyl (C=O) groups excluding carboxylic acids is 3. The van der Waals surface area contributed by atoms with Crippen LogP contribution < -0.4 is 10.6 Å². The van der Waals surface area contributed by atoms with Crippen molar-refractivity contribution in [2.45, 2.75) is 25.8 Å². The molecule has 35 heavy (non-hydrogen) atoms. The van der Waals surface area contributed by atoms with Crippen LogP contribution in [0.4, 0.5) is 15.0 Å². The van der Waals surface area contributed by atoms with Gasteiger partial charge >= 0.3 is 0 Å². The molecule has 8 nitrogen and oxygen atoms in total. The third-order valence-electron chi connectivity index (χ3n) is 5.43. The van der Waals surface area contributed by atoms with Gasteiger partial charge in [-0.3, -0.25) is 14.6 Å². The number of anilines is 1. The lowest BCUT2D eigenvalue weighted by molar-refractivity contribution is -0.119. The Balaban J connectivity index is 1.71. The number of halogens is 1. The molecule has 4 rings (SSSR count). The third-order valence-corrected chi connectivity index (χ3v) is 5.43. The first-order valence-corrected chi connectivity index (χ1v) is 10.9. The molecule has 4 aromatic rings. The van der Waals surface area contributed by atoms with Gasteiger partial charge in [0.25, 0.3) is 0 Å². The molecule has 10 heteroatoms. The standard InChI is InChI=1S/C25H21BFN5O3/c1-14(33)2-8-19(29-25(26)35)24(34)31-20-9-7-18-21(15-10-12-28-13-11-15)22(32-23(18)30-20)16-3-5-17(27)6-4-16/h3-7,9-13,19H,2,8H2,1H3,(H,29,35)(H2,30,31,32,34)/t19-/m0/s1. The monoisotopic (exact) mass is 469 g/mol. The highest BCUT2D eigenvalue weighted by atomic mass is 19.1. The molecule has 0 aliphatic carbocycles. The maximum Gasteiger partial charge on any atom is 0.248 e. The predicted octanol–water partition coefficient (Wildman–Crippen LogP) is 3.99. The Kier molecular flexibility index (Phi) is 7.00. The highest BCUT2D eigenvalue weighted by Gasteiger charge is 2.21. The van der Waals surface area contributed by atoms with E-state index in [-0.39, 0.29) is 30.3 Å². The first-order valence-electron chi connectivity index (χ1n) is 10.9. The topological polar surface area (TPSA) is 117 Å². The Morgan fingerprint density at radius 1 is 1.03 bits per heavy atom. The van der Waals surface area contributed by atoms with Crippen LogP contribution in [0.25, 0.3) is 33.4 Å². The van der Waals surface area contributed by atoms with Crippen molar-refractivity contribution in [1.29, 1.82) is 0 Å². The van der Waals surface area contributed by atoms with Crippen LogP contribution in [0, 0.1) is 5.82 Å². The zero-order valence-electron chi connectivity index (χ0n) is 18.8. The third kappa shape index (κ3) is 5.60. The number of amides is 2. The fraction of sp³-hybridized carbons (Fsp3) is 0.160. The Morgan fingerprint density at radius 3 is 2.40 bits per heavy atom. The molecule has 2 radical (unpaired) electrons. The molecule has 0 unspecified atom stereocenters. The van der Waals surface area contributed by atoms with Crippen molar-refractivity contribution in [3.63, 3.8) is 0 Å². The maximum atomic E-state index is 13.5. The number of H-pyrrole nitrogens is 1. The van der Waals surface area contributed by atoms with Crippen LogP contribution in [-0.2, 0) is 9.59 Å². The molecule has 3 aromatic heterocycles. The van der Waals surface area contributed by atoms with Crippen molar-refractivity contribution in [3.05, 3.63) is 66.7 Å². The second-order valence-electron chi connectivity index (χ2n) is 8.00. The van der Waals surface area contributed by atoms with Crippen LogP contribution in [-0.4, -0.2) is 46.3 Å². The zero-order valence-corrected chi connectivity index (χ0v) is 18.8. The number of hydrogen-bond donors (Lipinski definition) is 3. The summed E-state index contributed by atoms with van der Waals surface area (Å²) < 4.78 is 13.5. The second kappa shape index (κ2) is 10.3. The van der Waals surface area contributed by atoms with Crippen molar-refractivity contribution in [3.8, 4) is 22.4 Å². The van der Waals surface area contributed by atoms with Gasteiger partial charge in [0, 0.05) is 29.8 Å². The van der Waals surface area contributed by atoms with E-state index in [4.69, 9.17) is 7.85 Å². The average Bonchev–Trinajstić information content (AvgIpc) is 3.21. The van der Waals surface area contributed by atoms with Gasteiger partial charge in [-0.2, -0.15) is 0 Å². The van der Waals surface area contributed by atoms with E-state index in [1.165, 1.54) is 19.1 Å². The molecule has 3 N–H and O–H groups in total. The smallest absolute Gasteiger partial charge is 0.248 e. The molecule has 2 amide bonds. The summed E-state index contributed by atoms with van der Waals surface area (Å²) in [4.78, 5) is 47.3. The molecule has 0 aliphatic heterocycles. The Labute approximate surface area is 201 Å². The molecule has 0 fully saturated rings. The molecule has 174 valence electrons. The van der Waals surface area contributed by atoms with Crippen LogP contribution >= 0.6 is 0 Å². The summed E-state index contributed by atoms with van der Waals surface area (Å²) in [5.41, 5.74) is 3.74. The number of rotatable bonds is 8. The van der Waals surface area contributed by atoms with Gasteiger partial charge in [0.05, 0.1) is 5.69 Å². The summed E-state index contributed by atoms with van der Waals surface area (Å²) in [7, 11) is 5.18. The minimum Gasteiger partial charge on any atom is -0.354 e.